The molecule has 4 rings (SSSR count). The van der Waals surface area contributed by atoms with Crippen LogP contribution in [-0.2, 0) is 6.54 Å². The molecule has 0 aliphatic rings. The van der Waals surface area contributed by atoms with Crippen LogP contribution in [0.3, 0.4) is 0 Å². The molecule has 2 aromatic carbocycles. The minimum Gasteiger partial charge on any atom is -0.406 e. The van der Waals surface area contributed by atoms with Crippen LogP contribution in [0.15, 0.2) is 59.7 Å². The van der Waals surface area contributed by atoms with Gasteiger partial charge >= 0.3 is 6.36 Å². The fourth-order valence-electron chi connectivity index (χ4n) is 3.21. The Morgan fingerprint density at radius 3 is 2.60 bits per heavy atom. The molecule has 154 valence electrons. The van der Waals surface area contributed by atoms with Crippen molar-refractivity contribution in [2.45, 2.75) is 19.8 Å². The molecule has 0 fully saturated rings. The smallest absolute Gasteiger partial charge is 0.406 e. The van der Waals surface area contributed by atoms with Gasteiger partial charge in [0.1, 0.15) is 5.75 Å². The number of aromatic amines is 1. The van der Waals surface area contributed by atoms with E-state index in [-0.39, 0.29) is 11.2 Å². The molecule has 0 aliphatic carbocycles. The topological polar surface area (TPSA) is 59.9 Å². The lowest BCUT2D eigenvalue weighted by Gasteiger charge is -2.09. The van der Waals surface area contributed by atoms with Gasteiger partial charge in [0.15, 0.2) is 5.43 Å². The van der Waals surface area contributed by atoms with Crippen LogP contribution in [0.1, 0.15) is 11.1 Å². The number of H-pyrrole nitrogens is 1. The van der Waals surface area contributed by atoms with E-state index in [0.29, 0.717) is 39.3 Å². The molecule has 0 bridgehead atoms. The van der Waals surface area contributed by atoms with Crippen molar-refractivity contribution in [3.63, 3.8) is 0 Å². The van der Waals surface area contributed by atoms with Gasteiger partial charge in [0, 0.05) is 27.7 Å². The lowest BCUT2D eigenvalue weighted by Crippen LogP contribution is -2.17. The lowest BCUT2D eigenvalue weighted by atomic mass is 10.1. The average molecular weight is 434 g/mol. The average Bonchev–Trinajstić information content (AvgIpc) is 3.13. The summed E-state index contributed by atoms with van der Waals surface area (Å²) >= 11 is 6.04. The van der Waals surface area contributed by atoms with Crippen LogP contribution in [0.25, 0.3) is 22.2 Å². The highest BCUT2D eigenvalue weighted by Gasteiger charge is 2.30. The molecule has 0 aliphatic heterocycles. The summed E-state index contributed by atoms with van der Waals surface area (Å²) in [5, 5.41) is 5.36. The molecular weight excluding hydrogens is 419 g/mol. The number of nitrogens with zero attached hydrogens (tertiary/aromatic N) is 2. The van der Waals surface area contributed by atoms with Crippen LogP contribution in [-0.4, -0.2) is 21.1 Å². The number of pyridine rings is 1. The number of rotatable bonds is 4. The normalized spacial score (nSPS) is 11.8. The fraction of sp³-hybridized carbons (Fsp3) is 0.143. The van der Waals surface area contributed by atoms with Crippen molar-refractivity contribution in [1.82, 2.24) is 14.8 Å². The number of fused-ring (bicyclic) bond motifs is 1. The zero-order valence-corrected chi connectivity index (χ0v) is 16.4. The van der Waals surface area contributed by atoms with Crippen molar-refractivity contribution in [3.8, 4) is 17.0 Å². The van der Waals surface area contributed by atoms with Crippen molar-refractivity contribution in [1.29, 1.82) is 0 Å². The van der Waals surface area contributed by atoms with Crippen molar-refractivity contribution in [2.24, 2.45) is 0 Å². The van der Waals surface area contributed by atoms with Crippen LogP contribution >= 0.6 is 11.6 Å². The molecule has 30 heavy (non-hydrogen) atoms. The summed E-state index contributed by atoms with van der Waals surface area (Å²) in [6.45, 7) is 2.08. The zero-order valence-electron chi connectivity index (χ0n) is 15.6. The van der Waals surface area contributed by atoms with Gasteiger partial charge in [-0.15, -0.1) is 13.2 Å². The van der Waals surface area contributed by atoms with E-state index < -0.39 is 6.36 Å². The summed E-state index contributed by atoms with van der Waals surface area (Å²) in [4.78, 5) is 15.9. The molecule has 4 aromatic rings. The quantitative estimate of drug-likeness (QED) is 0.475. The second-order valence-corrected chi connectivity index (χ2v) is 7.20. The number of halogens is 4. The van der Waals surface area contributed by atoms with Gasteiger partial charge in [0.05, 0.1) is 24.0 Å². The van der Waals surface area contributed by atoms with E-state index in [4.69, 9.17) is 11.6 Å². The summed E-state index contributed by atoms with van der Waals surface area (Å²) in [6.07, 6.45) is -1.35. The molecule has 2 heterocycles. The van der Waals surface area contributed by atoms with E-state index in [2.05, 4.69) is 14.8 Å². The van der Waals surface area contributed by atoms with E-state index >= 15 is 0 Å². The van der Waals surface area contributed by atoms with Gasteiger partial charge in [-0.2, -0.15) is 5.10 Å². The predicted octanol–water partition coefficient (Wildman–Crippen LogP) is 5.30. The van der Waals surface area contributed by atoms with E-state index in [1.807, 2.05) is 0 Å². The molecule has 0 unspecified atom stereocenters. The molecule has 1 N–H and O–H groups in total. The van der Waals surface area contributed by atoms with Gasteiger partial charge in [0.2, 0.25) is 0 Å². The first kappa shape index (κ1) is 20.0. The lowest BCUT2D eigenvalue weighted by molar-refractivity contribution is -0.274. The number of alkyl halides is 3. The van der Waals surface area contributed by atoms with E-state index in [0.717, 1.165) is 5.56 Å². The first-order valence-electron chi connectivity index (χ1n) is 8.89. The number of ether oxygens (including phenoxy) is 1. The standard InChI is InChI=1S/C21H15ClF3N3O2/c1-12-19(27-18-8-15(22)4-7-17(18)20(12)29)14-9-26-28(11-14)10-13-2-5-16(6-3-13)30-21(23,24)25/h2-9,11H,10H2,1H3,(H,27,29). The summed E-state index contributed by atoms with van der Waals surface area (Å²) in [5.41, 5.74) is 3.18. The number of aromatic nitrogens is 3. The van der Waals surface area contributed by atoms with Crippen LogP contribution in [0.2, 0.25) is 5.02 Å². The molecule has 0 radical (unpaired) electrons. The Labute approximate surface area is 173 Å². The molecular formula is C21H15ClF3N3O2. The highest BCUT2D eigenvalue weighted by atomic mass is 35.5. The van der Waals surface area contributed by atoms with E-state index in [1.54, 1.807) is 42.2 Å². The largest absolute Gasteiger partial charge is 0.573 e. The second-order valence-electron chi connectivity index (χ2n) is 6.76. The van der Waals surface area contributed by atoms with Crippen LogP contribution < -0.4 is 10.2 Å². The maximum absolute atomic E-state index is 12.7. The summed E-state index contributed by atoms with van der Waals surface area (Å²) in [5.74, 6) is -0.282. The van der Waals surface area contributed by atoms with Crippen LogP contribution in [0, 0.1) is 6.92 Å². The Hall–Kier alpha value is -3.26. The van der Waals surface area contributed by atoms with Crippen LogP contribution in [0.4, 0.5) is 13.2 Å². The van der Waals surface area contributed by atoms with Gasteiger partial charge in [-0.3, -0.25) is 9.48 Å². The van der Waals surface area contributed by atoms with Gasteiger partial charge in [0.25, 0.3) is 0 Å². The zero-order chi connectivity index (χ0) is 21.5. The third kappa shape index (κ3) is 4.18. The van der Waals surface area contributed by atoms with Gasteiger partial charge in [-0.25, -0.2) is 0 Å². The highest BCUT2D eigenvalue weighted by Crippen LogP contribution is 2.25. The Bertz CT molecular complexity index is 1280. The molecule has 5 nitrogen and oxygen atoms in total. The number of hydrogen-bond acceptors (Lipinski definition) is 3. The van der Waals surface area contributed by atoms with E-state index in [9.17, 15) is 18.0 Å². The molecule has 2 aromatic heterocycles. The van der Waals surface area contributed by atoms with Crippen molar-refractivity contribution in [3.05, 3.63) is 81.2 Å². The van der Waals surface area contributed by atoms with Crippen molar-refractivity contribution >= 4 is 22.5 Å². The highest BCUT2D eigenvalue weighted by molar-refractivity contribution is 6.31. The first-order valence-corrected chi connectivity index (χ1v) is 9.27. The number of hydrogen-bond donors (Lipinski definition) is 1. The summed E-state index contributed by atoms with van der Waals surface area (Å²) in [6, 6.07) is 10.6. The van der Waals surface area contributed by atoms with Gasteiger partial charge in [-0.1, -0.05) is 23.7 Å². The molecule has 0 saturated heterocycles. The predicted molar refractivity (Wildman–Crippen MR) is 108 cm³/mol. The molecule has 0 spiro atoms. The maximum atomic E-state index is 12.7. The van der Waals surface area contributed by atoms with Crippen LogP contribution in [0.5, 0.6) is 5.75 Å². The van der Waals surface area contributed by atoms with E-state index in [1.165, 1.54) is 24.3 Å². The molecule has 9 heteroatoms. The Kier molecular flexibility index (Phi) is 5.03. The summed E-state index contributed by atoms with van der Waals surface area (Å²) < 4.78 is 42.3. The SMILES string of the molecule is Cc1c(-c2cnn(Cc3ccc(OC(F)(F)F)cc3)c2)[nH]c2cc(Cl)ccc2c1=O. The van der Waals surface area contributed by atoms with Crippen molar-refractivity contribution in [2.75, 3.05) is 0 Å². The number of benzene rings is 2. The first-order chi connectivity index (χ1) is 14.2. The third-order valence-corrected chi connectivity index (χ3v) is 4.86. The van der Waals surface area contributed by atoms with Gasteiger partial charge < -0.3 is 9.72 Å². The minimum absolute atomic E-state index is 0.0941. The number of nitrogens with one attached hydrogen (secondary N) is 1. The second kappa shape index (κ2) is 7.53. The minimum atomic E-state index is -4.72. The van der Waals surface area contributed by atoms with Gasteiger partial charge in [-0.05, 0) is 42.8 Å². The third-order valence-electron chi connectivity index (χ3n) is 4.62. The van der Waals surface area contributed by atoms with Crippen molar-refractivity contribution < 1.29 is 17.9 Å². The Morgan fingerprint density at radius 1 is 1.17 bits per heavy atom. The maximum Gasteiger partial charge on any atom is 0.573 e. The Balaban J connectivity index is 1.60. The molecule has 0 saturated carbocycles. The molecule has 0 atom stereocenters. The fourth-order valence-corrected chi connectivity index (χ4v) is 3.39. The molecule has 0 amide bonds. The Morgan fingerprint density at radius 2 is 1.90 bits per heavy atom. The monoisotopic (exact) mass is 433 g/mol. The summed E-state index contributed by atoms with van der Waals surface area (Å²) in [7, 11) is 0.